The minimum absolute atomic E-state index is 0.0728. The largest absolute Gasteiger partial charge is 0.294 e. The van der Waals surface area contributed by atoms with Crippen molar-refractivity contribution in [2.45, 2.75) is 25.7 Å². The number of Topliss-reactive ketones (excluding diaryl/α,β-unsaturated/α-hetero) is 1. The van der Waals surface area contributed by atoms with Gasteiger partial charge in [0.1, 0.15) is 0 Å². The summed E-state index contributed by atoms with van der Waals surface area (Å²) in [6.07, 6.45) is 2.77. The Labute approximate surface area is 80.7 Å². The average molecular weight is 196 g/mol. The first kappa shape index (κ1) is 9.31. The van der Waals surface area contributed by atoms with E-state index >= 15 is 0 Å². The summed E-state index contributed by atoms with van der Waals surface area (Å²) in [5.41, 5.74) is 1.01. The lowest BCUT2D eigenvalue weighted by Crippen LogP contribution is -2.02. The number of hydrogen-bond donors (Lipinski definition) is 0. The predicted molar refractivity (Wildman–Crippen MR) is 48.2 cm³/mol. The third-order valence-corrected chi connectivity index (χ3v) is 2.55. The minimum atomic E-state index is -0.931. The second-order valence-corrected chi connectivity index (χ2v) is 3.55. The molecule has 1 nitrogen and oxygen atoms in total. The molecule has 0 saturated carbocycles. The van der Waals surface area contributed by atoms with Crippen LogP contribution in [-0.2, 0) is 6.42 Å². The smallest absolute Gasteiger partial charge is 0.163 e. The van der Waals surface area contributed by atoms with Gasteiger partial charge in [-0.05, 0) is 37.0 Å². The monoisotopic (exact) mass is 196 g/mol. The molecule has 2 rings (SSSR count). The fourth-order valence-electron chi connectivity index (χ4n) is 1.79. The van der Waals surface area contributed by atoms with Crippen molar-refractivity contribution in [3.63, 3.8) is 0 Å². The van der Waals surface area contributed by atoms with Gasteiger partial charge in [0.15, 0.2) is 17.4 Å². The molecule has 0 unspecified atom stereocenters. The van der Waals surface area contributed by atoms with Gasteiger partial charge < -0.3 is 0 Å². The summed E-state index contributed by atoms with van der Waals surface area (Å²) in [6.45, 7) is 0. The molecule has 0 fully saturated rings. The number of carbonyl (C=O) groups excluding carboxylic acids is 1. The summed E-state index contributed by atoms with van der Waals surface area (Å²) in [6, 6.07) is 2.17. The van der Waals surface area contributed by atoms with Gasteiger partial charge in [0, 0.05) is 12.0 Å². The lowest BCUT2D eigenvalue weighted by molar-refractivity contribution is 0.0981. The molecule has 14 heavy (non-hydrogen) atoms. The van der Waals surface area contributed by atoms with Gasteiger partial charge in [-0.1, -0.05) is 0 Å². The Hall–Kier alpha value is -1.25. The minimum Gasteiger partial charge on any atom is -0.294 e. The maximum absolute atomic E-state index is 12.9. The summed E-state index contributed by atoms with van der Waals surface area (Å²) in [4.78, 5) is 11.5. The molecule has 0 radical (unpaired) electrons. The molecular weight excluding hydrogens is 186 g/mol. The topological polar surface area (TPSA) is 17.1 Å². The van der Waals surface area contributed by atoms with Crippen molar-refractivity contribution in [2.24, 2.45) is 0 Å². The number of rotatable bonds is 0. The zero-order chi connectivity index (χ0) is 10.1. The van der Waals surface area contributed by atoms with Crippen LogP contribution in [0.25, 0.3) is 0 Å². The number of ketones is 1. The summed E-state index contributed by atoms with van der Waals surface area (Å²) < 4.78 is 25.8. The second-order valence-electron chi connectivity index (χ2n) is 3.55. The third-order valence-electron chi connectivity index (χ3n) is 2.55. The Morgan fingerprint density at radius 1 is 1.00 bits per heavy atom. The highest BCUT2D eigenvalue weighted by molar-refractivity contribution is 5.97. The Balaban J connectivity index is 2.54. The van der Waals surface area contributed by atoms with E-state index in [1.807, 2.05) is 0 Å². The van der Waals surface area contributed by atoms with E-state index < -0.39 is 11.6 Å². The fraction of sp³-hybridized carbons (Fsp3) is 0.364. The van der Waals surface area contributed by atoms with Crippen LogP contribution in [0.1, 0.15) is 35.2 Å². The molecule has 0 amide bonds. The van der Waals surface area contributed by atoms with E-state index in [-0.39, 0.29) is 5.78 Å². The molecule has 0 heterocycles. The van der Waals surface area contributed by atoms with Crippen molar-refractivity contribution in [2.75, 3.05) is 0 Å². The molecule has 74 valence electrons. The van der Waals surface area contributed by atoms with Gasteiger partial charge in [0.05, 0.1) is 0 Å². The summed E-state index contributed by atoms with van der Waals surface area (Å²) in [5, 5.41) is 0. The number of benzene rings is 1. The second kappa shape index (κ2) is 3.48. The highest BCUT2D eigenvalue weighted by Crippen LogP contribution is 2.22. The first-order valence-electron chi connectivity index (χ1n) is 4.69. The van der Waals surface area contributed by atoms with Gasteiger partial charge in [0.2, 0.25) is 0 Å². The van der Waals surface area contributed by atoms with E-state index in [0.29, 0.717) is 24.0 Å². The van der Waals surface area contributed by atoms with E-state index in [4.69, 9.17) is 0 Å². The van der Waals surface area contributed by atoms with Crippen LogP contribution < -0.4 is 0 Å². The molecule has 0 bridgehead atoms. The van der Waals surface area contributed by atoms with E-state index in [2.05, 4.69) is 0 Å². The molecule has 0 spiro atoms. The van der Waals surface area contributed by atoms with Crippen LogP contribution in [0.2, 0.25) is 0 Å². The molecule has 1 aliphatic rings. The maximum atomic E-state index is 12.9. The van der Waals surface area contributed by atoms with E-state index in [9.17, 15) is 13.6 Å². The predicted octanol–water partition coefficient (Wildman–Crippen LogP) is 2.87. The van der Waals surface area contributed by atoms with Crippen LogP contribution in [0.5, 0.6) is 0 Å². The molecule has 1 aromatic rings. The molecule has 0 aromatic heterocycles. The van der Waals surface area contributed by atoms with E-state index in [1.165, 1.54) is 0 Å². The number of fused-ring (bicyclic) bond motifs is 1. The first-order chi connectivity index (χ1) is 6.68. The van der Waals surface area contributed by atoms with Crippen LogP contribution in [0.4, 0.5) is 8.78 Å². The number of carbonyl (C=O) groups is 1. The van der Waals surface area contributed by atoms with Crippen molar-refractivity contribution >= 4 is 5.78 Å². The van der Waals surface area contributed by atoms with E-state index in [0.717, 1.165) is 25.0 Å². The van der Waals surface area contributed by atoms with Gasteiger partial charge >= 0.3 is 0 Å². The van der Waals surface area contributed by atoms with Gasteiger partial charge in [-0.3, -0.25) is 4.79 Å². The zero-order valence-corrected chi connectivity index (χ0v) is 7.65. The number of aryl methyl sites for hydroxylation is 1. The Bertz CT molecular complexity index is 385. The average Bonchev–Trinajstić information content (AvgIpc) is 2.31. The molecule has 0 saturated heterocycles. The molecule has 1 aromatic carbocycles. The van der Waals surface area contributed by atoms with Crippen LogP contribution in [0.15, 0.2) is 12.1 Å². The third kappa shape index (κ3) is 1.54. The highest BCUT2D eigenvalue weighted by Gasteiger charge is 2.18. The van der Waals surface area contributed by atoms with Gasteiger partial charge in [0.25, 0.3) is 0 Å². The van der Waals surface area contributed by atoms with Gasteiger partial charge in [-0.25, -0.2) is 8.78 Å². The fourth-order valence-corrected chi connectivity index (χ4v) is 1.79. The first-order valence-corrected chi connectivity index (χ1v) is 4.69. The Morgan fingerprint density at radius 2 is 1.64 bits per heavy atom. The SMILES string of the molecule is O=C1CCCCc2cc(F)c(F)cc21. The van der Waals surface area contributed by atoms with Crippen LogP contribution in [0, 0.1) is 11.6 Å². The molecular formula is C11H10F2O. The Kier molecular flexibility index (Phi) is 2.32. The van der Waals surface area contributed by atoms with Crippen molar-refractivity contribution in [1.82, 2.24) is 0 Å². The summed E-state index contributed by atoms with van der Waals surface area (Å²) >= 11 is 0. The van der Waals surface area contributed by atoms with Gasteiger partial charge in [-0.2, -0.15) is 0 Å². The van der Waals surface area contributed by atoms with Crippen LogP contribution in [0.3, 0.4) is 0 Å². The lowest BCUT2D eigenvalue weighted by Gasteiger charge is -2.04. The molecule has 3 heteroatoms. The summed E-state index contributed by atoms with van der Waals surface area (Å²) in [5.74, 6) is -1.87. The van der Waals surface area contributed by atoms with Crippen molar-refractivity contribution < 1.29 is 13.6 Å². The quantitative estimate of drug-likeness (QED) is 0.583. The standard InChI is InChI=1S/C11H10F2O/c12-9-5-7-3-1-2-4-11(14)8(7)6-10(9)13/h5-6H,1-4H2. The highest BCUT2D eigenvalue weighted by atomic mass is 19.2. The Morgan fingerprint density at radius 3 is 2.43 bits per heavy atom. The molecule has 1 aliphatic carbocycles. The van der Waals surface area contributed by atoms with Gasteiger partial charge in [-0.15, -0.1) is 0 Å². The molecule has 0 aliphatic heterocycles. The van der Waals surface area contributed by atoms with E-state index in [1.54, 1.807) is 0 Å². The lowest BCUT2D eigenvalue weighted by atomic mass is 10.0. The zero-order valence-electron chi connectivity index (χ0n) is 7.65. The van der Waals surface area contributed by atoms with Crippen LogP contribution >= 0.6 is 0 Å². The maximum Gasteiger partial charge on any atom is 0.163 e. The van der Waals surface area contributed by atoms with Crippen LogP contribution in [-0.4, -0.2) is 5.78 Å². The van der Waals surface area contributed by atoms with Crippen molar-refractivity contribution in [3.8, 4) is 0 Å². The molecule has 0 atom stereocenters. The van der Waals surface area contributed by atoms with Crippen molar-refractivity contribution in [3.05, 3.63) is 34.9 Å². The summed E-state index contributed by atoms with van der Waals surface area (Å²) in [7, 11) is 0. The number of halogens is 2. The normalized spacial score (nSPS) is 16.3. The number of hydrogen-bond acceptors (Lipinski definition) is 1. The van der Waals surface area contributed by atoms with Crippen molar-refractivity contribution in [1.29, 1.82) is 0 Å². The molecule has 0 N–H and O–H groups in total.